The van der Waals surface area contributed by atoms with E-state index >= 15 is 0 Å². The third kappa shape index (κ3) is 2.02. The number of aryl methyl sites for hydroxylation is 1. The van der Waals surface area contributed by atoms with Crippen LogP contribution in [0.5, 0.6) is 0 Å². The van der Waals surface area contributed by atoms with Crippen molar-refractivity contribution >= 4 is 26.8 Å². The number of benzene rings is 1. The maximum Gasteiger partial charge on any atom is 0.0484 e. The fourth-order valence-electron chi connectivity index (χ4n) is 2.64. The summed E-state index contributed by atoms with van der Waals surface area (Å²) in [5.74, 6) is 0. The highest BCUT2D eigenvalue weighted by atomic mass is 79.9. The van der Waals surface area contributed by atoms with Crippen LogP contribution in [0.3, 0.4) is 0 Å². The molecule has 2 N–H and O–H groups in total. The van der Waals surface area contributed by atoms with E-state index in [1.807, 2.05) is 0 Å². The minimum absolute atomic E-state index is 0.478. The van der Waals surface area contributed by atoms with Crippen molar-refractivity contribution in [2.45, 2.75) is 32.2 Å². The Labute approximate surface area is 110 Å². The second-order valence-electron chi connectivity index (χ2n) is 4.90. The minimum Gasteiger partial charge on any atom is -0.356 e. The number of hydrogen-bond acceptors (Lipinski definition) is 1. The van der Waals surface area contributed by atoms with Crippen molar-refractivity contribution in [3.8, 4) is 0 Å². The van der Waals surface area contributed by atoms with Gasteiger partial charge >= 0.3 is 0 Å². The van der Waals surface area contributed by atoms with Crippen molar-refractivity contribution in [2.24, 2.45) is 0 Å². The SMILES string of the molecule is Cc1ccc2c(Br)c(C3CCCCN3)[nH]c2c1. The van der Waals surface area contributed by atoms with Gasteiger partial charge in [-0.15, -0.1) is 0 Å². The lowest BCUT2D eigenvalue weighted by Gasteiger charge is -2.22. The zero-order valence-electron chi connectivity index (χ0n) is 10.0. The second kappa shape index (κ2) is 4.46. The number of hydrogen-bond donors (Lipinski definition) is 2. The van der Waals surface area contributed by atoms with Crippen LogP contribution in [-0.4, -0.2) is 11.5 Å². The Balaban J connectivity index is 2.07. The molecule has 17 heavy (non-hydrogen) atoms. The number of rotatable bonds is 1. The number of aromatic nitrogens is 1. The van der Waals surface area contributed by atoms with Crippen molar-refractivity contribution in [3.63, 3.8) is 0 Å². The quantitative estimate of drug-likeness (QED) is 0.815. The molecule has 0 saturated carbocycles. The van der Waals surface area contributed by atoms with E-state index in [4.69, 9.17) is 0 Å². The Morgan fingerprint density at radius 2 is 2.18 bits per heavy atom. The first-order chi connectivity index (χ1) is 8.25. The molecule has 1 unspecified atom stereocenters. The lowest BCUT2D eigenvalue weighted by molar-refractivity contribution is 0.406. The van der Waals surface area contributed by atoms with Gasteiger partial charge in [0, 0.05) is 27.1 Å². The van der Waals surface area contributed by atoms with Gasteiger partial charge in [-0.2, -0.15) is 0 Å². The van der Waals surface area contributed by atoms with Crippen LogP contribution in [0.4, 0.5) is 0 Å². The Bertz CT molecular complexity index is 538. The van der Waals surface area contributed by atoms with Gasteiger partial charge in [0.15, 0.2) is 0 Å². The van der Waals surface area contributed by atoms with E-state index in [1.165, 1.54) is 45.9 Å². The molecular formula is C14H17BrN2. The van der Waals surface area contributed by atoms with Crippen LogP contribution in [0.15, 0.2) is 22.7 Å². The molecule has 1 aromatic heterocycles. The molecule has 90 valence electrons. The number of halogens is 1. The molecular weight excluding hydrogens is 276 g/mol. The van der Waals surface area contributed by atoms with Crippen LogP contribution in [-0.2, 0) is 0 Å². The van der Waals surface area contributed by atoms with Gasteiger partial charge in [0.2, 0.25) is 0 Å². The number of nitrogens with one attached hydrogen (secondary N) is 2. The monoisotopic (exact) mass is 292 g/mol. The summed E-state index contributed by atoms with van der Waals surface area (Å²) in [6.45, 7) is 3.26. The number of piperidine rings is 1. The van der Waals surface area contributed by atoms with Gasteiger partial charge in [-0.05, 0) is 53.9 Å². The highest BCUT2D eigenvalue weighted by Gasteiger charge is 2.20. The van der Waals surface area contributed by atoms with E-state index in [-0.39, 0.29) is 0 Å². The summed E-state index contributed by atoms with van der Waals surface area (Å²) in [6.07, 6.45) is 3.84. The fourth-order valence-corrected chi connectivity index (χ4v) is 3.36. The van der Waals surface area contributed by atoms with Gasteiger partial charge in [-0.25, -0.2) is 0 Å². The van der Waals surface area contributed by atoms with Crippen molar-refractivity contribution in [3.05, 3.63) is 33.9 Å². The van der Waals surface area contributed by atoms with Crippen LogP contribution < -0.4 is 5.32 Å². The molecule has 0 spiro atoms. The molecule has 0 bridgehead atoms. The maximum absolute atomic E-state index is 3.74. The average molecular weight is 293 g/mol. The Morgan fingerprint density at radius 3 is 2.94 bits per heavy atom. The van der Waals surface area contributed by atoms with Crippen molar-refractivity contribution < 1.29 is 0 Å². The second-order valence-corrected chi connectivity index (χ2v) is 5.70. The fraction of sp³-hybridized carbons (Fsp3) is 0.429. The van der Waals surface area contributed by atoms with Crippen LogP contribution >= 0.6 is 15.9 Å². The molecule has 2 heterocycles. The lowest BCUT2D eigenvalue weighted by atomic mass is 10.0. The largest absolute Gasteiger partial charge is 0.356 e. The summed E-state index contributed by atoms with van der Waals surface area (Å²) in [6, 6.07) is 7.05. The maximum atomic E-state index is 3.74. The summed E-state index contributed by atoms with van der Waals surface area (Å²) < 4.78 is 1.23. The van der Waals surface area contributed by atoms with Crippen LogP contribution in [0.25, 0.3) is 10.9 Å². The third-order valence-corrected chi connectivity index (χ3v) is 4.43. The summed E-state index contributed by atoms with van der Waals surface area (Å²) in [5, 5.41) is 4.88. The van der Waals surface area contributed by atoms with Crippen molar-refractivity contribution in [1.82, 2.24) is 10.3 Å². The molecule has 1 saturated heterocycles. The van der Waals surface area contributed by atoms with Gasteiger partial charge in [-0.3, -0.25) is 0 Å². The molecule has 1 aliphatic heterocycles. The molecule has 0 radical (unpaired) electrons. The van der Waals surface area contributed by atoms with E-state index in [0.29, 0.717) is 6.04 Å². The highest BCUT2D eigenvalue weighted by molar-refractivity contribution is 9.10. The predicted octanol–water partition coefficient (Wildman–Crippen LogP) is 4.05. The Hall–Kier alpha value is -0.800. The van der Waals surface area contributed by atoms with Crippen LogP contribution in [0.2, 0.25) is 0 Å². The van der Waals surface area contributed by atoms with Crippen LogP contribution in [0, 0.1) is 6.92 Å². The number of H-pyrrole nitrogens is 1. The molecule has 3 heteroatoms. The van der Waals surface area contributed by atoms with Crippen molar-refractivity contribution in [1.29, 1.82) is 0 Å². The first-order valence-electron chi connectivity index (χ1n) is 6.27. The van der Waals surface area contributed by atoms with E-state index in [9.17, 15) is 0 Å². The van der Waals surface area contributed by atoms with Crippen LogP contribution in [0.1, 0.15) is 36.6 Å². The molecule has 2 aromatic rings. The summed E-state index contributed by atoms with van der Waals surface area (Å²) >= 11 is 3.74. The molecule has 1 aromatic carbocycles. The molecule has 1 aliphatic rings. The molecule has 1 atom stereocenters. The van der Waals surface area contributed by atoms with E-state index in [0.717, 1.165) is 6.54 Å². The van der Waals surface area contributed by atoms with E-state index in [1.54, 1.807) is 0 Å². The third-order valence-electron chi connectivity index (χ3n) is 3.58. The zero-order chi connectivity index (χ0) is 11.8. The van der Waals surface area contributed by atoms with Gasteiger partial charge in [0.25, 0.3) is 0 Å². The normalized spacial score (nSPS) is 20.9. The van der Waals surface area contributed by atoms with Crippen molar-refractivity contribution in [2.75, 3.05) is 6.54 Å². The van der Waals surface area contributed by atoms with E-state index < -0.39 is 0 Å². The molecule has 0 amide bonds. The predicted molar refractivity (Wildman–Crippen MR) is 75.3 cm³/mol. The number of aromatic amines is 1. The Kier molecular flexibility index (Phi) is 2.97. The lowest BCUT2D eigenvalue weighted by Crippen LogP contribution is -2.27. The summed E-state index contributed by atoms with van der Waals surface area (Å²) in [5.41, 5.74) is 3.85. The van der Waals surface area contributed by atoms with Gasteiger partial charge in [-0.1, -0.05) is 18.6 Å². The van der Waals surface area contributed by atoms with Gasteiger partial charge in [0.05, 0.1) is 0 Å². The average Bonchev–Trinajstić information content (AvgIpc) is 2.67. The molecule has 2 nitrogen and oxygen atoms in total. The summed E-state index contributed by atoms with van der Waals surface area (Å²) in [7, 11) is 0. The smallest absolute Gasteiger partial charge is 0.0484 e. The minimum atomic E-state index is 0.478. The zero-order valence-corrected chi connectivity index (χ0v) is 11.6. The van der Waals surface area contributed by atoms with Gasteiger partial charge < -0.3 is 10.3 Å². The first kappa shape index (κ1) is 11.3. The first-order valence-corrected chi connectivity index (χ1v) is 7.06. The highest BCUT2D eigenvalue weighted by Crippen LogP contribution is 2.34. The topological polar surface area (TPSA) is 27.8 Å². The van der Waals surface area contributed by atoms with Gasteiger partial charge in [0.1, 0.15) is 0 Å². The van der Waals surface area contributed by atoms with E-state index in [2.05, 4.69) is 51.4 Å². The molecule has 0 aliphatic carbocycles. The molecule has 1 fully saturated rings. The Morgan fingerprint density at radius 1 is 1.29 bits per heavy atom. The standard InChI is InChI=1S/C14H17BrN2/c1-9-5-6-10-12(8-9)17-14(13(10)15)11-4-2-3-7-16-11/h5-6,8,11,16-17H,2-4,7H2,1H3. The summed E-state index contributed by atoms with van der Waals surface area (Å²) in [4.78, 5) is 3.57. The number of fused-ring (bicyclic) bond motifs is 1. The molecule has 3 rings (SSSR count).